The number of anilines is 1. The zero-order valence-corrected chi connectivity index (χ0v) is 8.23. The number of nitrogens with one attached hydrogen (secondary N) is 1. The van der Waals surface area contributed by atoms with Crippen molar-refractivity contribution in [3.63, 3.8) is 0 Å². The number of rotatable bonds is 5. The maximum absolute atomic E-state index is 11.3. The molecule has 0 aliphatic carbocycles. The molecule has 1 aromatic rings. The first-order valence-corrected chi connectivity index (χ1v) is 4.64. The fraction of sp³-hybridized carbons (Fsp3) is 0.625. The van der Waals surface area contributed by atoms with Crippen LogP contribution in [-0.4, -0.2) is 27.2 Å². The number of nitrogens with zero attached hydrogens (tertiary/aromatic N) is 3. The van der Waals surface area contributed by atoms with Gasteiger partial charge in [-0.05, 0) is 6.42 Å². The maximum Gasteiger partial charge on any atom is 0.241 e. The number of hydrogen-bond acceptors (Lipinski definition) is 4. The Labute approximate surface area is 82.5 Å². The molecule has 3 N–H and O–H groups in total. The zero-order valence-electron chi connectivity index (χ0n) is 8.23. The van der Waals surface area contributed by atoms with E-state index in [-0.39, 0.29) is 18.4 Å². The number of carbonyl (C=O) groups excluding carboxylic acids is 1. The number of hydrogen-bond donors (Lipinski definition) is 2. The van der Waals surface area contributed by atoms with Crippen molar-refractivity contribution in [1.29, 1.82) is 0 Å². The smallest absolute Gasteiger partial charge is 0.241 e. The van der Waals surface area contributed by atoms with Gasteiger partial charge in [-0.15, -0.1) is 5.10 Å². The highest BCUT2D eigenvalue weighted by Crippen LogP contribution is 1.89. The normalized spacial score (nSPS) is 10.1. The molecule has 6 nitrogen and oxygen atoms in total. The van der Waals surface area contributed by atoms with Crippen molar-refractivity contribution >= 4 is 11.9 Å². The van der Waals surface area contributed by atoms with E-state index in [4.69, 9.17) is 5.73 Å². The highest BCUT2D eigenvalue weighted by Gasteiger charge is 2.02. The van der Waals surface area contributed by atoms with E-state index in [0.717, 1.165) is 12.8 Å². The van der Waals surface area contributed by atoms with E-state index in [1.165, 1.54) is 11.0 Å². The Bertz CT molecular complexity index is 296. The molecule has 1 heterocycles. The summed E-state index contributed by atoms with van der Waals surface area (Å²) in [4.78, 5) is 15.0. The van der Waals surface area contributed by atoms with Crippen LogP contribution in [0.1, 0.15) is 19.8 Å². The molecule has 14 heavy (non-hydrogen) atoms. The van der Waals surface area contributed by atoms with Gasteiger partial charge in [-0.1, -0.05) is 13.3 Å². The van der Waals surface area contributed by atoms with Crippen molar-refractivity contribution in [2.45, 2.75) is 26.3 Å². The van der Waals surface area contributed by atoms with Crippen LogP contribution in [0.2, 0.25) is 0 Å². The SMILES string of the molecule is CCCCNC(=O)Cn1cnc(N)n1. The highest BCUT2D eigenvalue weighted by molar-refractivity contribution is 5.75. The largest absolute Gasteiger partial charge is 0.367 e. The van der Waals surface area contributed by atoms with Crippen molar-refractivity contribution in [2.75, 3.05) is 12.3 Å². The average Bonchev–Trinajstić information content (AvgIpc) is 2.52. The van der Waals surface area contributed by atoms with Gasteiger partial charge in [0.05, 0.1) is 0 Å². The number of amides is 1. The molecule has 0 aliphatic heterocycles. The molecule has 0 unspecified atom stereocenters. The Hall–Kier alpha value is -1.59. The molecule has 0 spiro atoms. The summed E-state index contributed by atoms with van der Waals surface area (Å²) in [5.74, 6) is 0.120. The van der Waals surface area contributed by atoms with Crippen LogP contribution >= 0.6 is 0 Å². The van der Waals surface area contributed by atoms with Crippen LogP contribution in [0.4, 0.5) is 5.95 Å². The van der Waals surface area contributed by atoms with Crippen molar-refractivity contribution < 1.29 is 4.79 Å². The molecule has 0 fully saturated rings. The molecule has 0 saturated heterocycles. The Morgan fingerprint density at radius 2 is 2.50 bits per heavy atom. The lowest BCUT2D eigenvalue weighted by Crippen LogP contribution is -2.28. The third kappa shape index (κ3) is 3.42. The summed E-state index contributed by atoms with van der Waals surface area (Å²) in [5.41, 5.74) is 5.30. The summed E-state index contributed by atoms with van der Waals surface area (Å²) in [5, 5.41) is 6.57. The van der Waals surface area contributed by atoms with Crippen LogP contribution in [0.15, 0.2) is 6.33 Å². The molecular weight excluding hydrogens is 182 g/mol. The minimum atomic E-state index is -0.0663. The lowest BCUT2D eigenvalue weighted by molar-refractivity contribution is -0.121. The molecule has 0 bridgehead atoms. The summed E-state index contributed by atoms with van der Waals surface area (Å²) < 4.78 is 1.41. The second kappa shape index (κ2) is 5.21. The van der Waals surface area contributed by atoms with Gasteiger partial charge in [-0.2, -0.15) is 0 Å². The predicted octanol–water partition coefficient (Wildman–Crippen LogP) is -0.223. The van der Waals surface area contributed by atoms with E-state index < -0.39 is 0 Å². The molecule has 1 rings (SSSR count). The Morgan fingerprint density at radius 3 is 3.07 bits per heavy atom. The van der Waals surface area contributed by atoms with Crippen LogP contribution in [0.25, 0.3) is 0 Å². The van der Waals surface area contributed by atoms with Gasteiger partial charge in [0.15, 0.2) is 0 Å². The molecular formula is C8H15N5O. The first-order chi connectivity index (χ1) is 6.72. The van der Waals surface area contributed by atoms with Crippen LogP contribution < -0.4 is 11.1 Å². The summed E-state index contributed by atoms with van der Waals surface area (Å²) >= 11 is 0. The summed E-state index contributed by atoms with van der Waals surface area (Å²) in [6.07, 6.45) is 3.50. The molecule has 0 saturated carbocycles. The van der Waals surface area contributed by atoms with E-state index in [9.17, 15) is 4.79 Å². The third-order valence-electron chi connectivity index (χ3n) is 1.71. The summed E-state index contributed by atoms with van der Waals surface area (Å²) in [7, 11) is 0. The van der Waals surface area contributed by atoms with Crippen LogP contribution in [0.5, 0.6) is 0 Å². The van der Waals surface area contributed by atoms with Gasteiger partial charge in [0.1, 0.15) is 12.9 Å². The third-order valence-corrected chi connectivity index (χ3v) is 1.71. The number of aromatic nitrogens is 3. The maximum atomic E-state index is 11.3. The van der Waals surface area contributed by atoms with Crippen LogP contribution in [-0.2, 0) is 11.3 Å². The van der Waals surface area contributed by atoms with E-state index in [1.807, 2.05) is 0 Å². The fourth-order valence-electron chi connectivity index (χ4n) is 0.993. The Kier molecular flexibility index (Phi) is 3.90. The van der Waals surface area contributed by atoms with E-state index in [0.29, 0.717) is 6.54 Å². The van der Waals surface area contributed by atoms with Crippen LogP contribution in [0.3, 0.4) is 0 Å². The molecule has 0 radical (unpaired) electrons. The summed E-state index contributed by atoms with van der Waals surface area (Å²) in [6, 6.07) is 0. The van der Waals surface area contributed by atoms with Crippen LogP contribution in [0, 0.1) is 0 Å². The second-order valence-electron chi connectivity index (χ2n) is 3.00. The van der Waals surface area contributed by atoms with E-state index >= 15 is 0 Å². The van der Waals surface area contributed by atoms with Crippen molar-refractivity contribution in [3.8, 4) is 0 Å². The minimum Gasteiger partial charge on any atom is -0.367 e. The number of carbonyl (C=O) groups is 1. The number of nitrogens with two attached hydrogens (primary N) is 1. The molecule has 0 aromatic carbocycles. The zero-order chi connectivity index (χ0) is 10.4. The molecule has 6 heteroatoms. The monoisotopic (exact) mass is 197 g/mol. The van der Waals surface area contributed by atoms with Crippen molar-refractivity contribution in [3.05, 3.63) is 6.33 Å². The van der Waals surface area contributed by atoms with Gasteiger partial charge in [0, 0.05) is 6.54 Å². The summed E-state index contributed by atoms with van der Waals surface area (Å²) in [6.45, 7) is 2.96. The quantitative estimate of drug-likeness (QED) is 0.639. The Morgan fingerprint density at radius 1 is 1.71 bits per heavy atom. The first kappa shape index (κ1) is 10.5. The number of unbranched alkanes of at least 4 members (excludes halogenated alkanes) is 1. The molecule has 0 atom stereocenters. The van der Waals surface area contributed by atoms with Gasteiger partial charge in [0.25, 0.3) is 0 Å². The Balaban J connectivity index is 2.27. The lowest BCUT2D eigenvalue weighted by atomic mass is 10.3. The second-order valence-corrected chi connectivity index (χ2v) is 3.00. The molecule has 78 valence electrons. The van der Waals surface area contributed by atoms with Gasteiger partial charge < -0.3 is 11.1 Å². The van der Waals surface area contributed by atoms with Gasteiger partial charge in [-0.3, -0.25) is 4.79 Å². The van der Waals surface area contributed by atoms with Crippen molar-refractivity contribution in [2.24, 2.45) is 0 Å². The lowest BCUT2D eigenvalue weighted by Gasteiger charge is -2.03. The first-order valence-electron chi connectivity index (χ1n) is 4.64. The predicted molar refractivity (Wildman–Crippen MR) is 52.4 cm³/mol. The molecule has 0 aliphatic rings. The van der Waals surface area contributed by atoms with E-state index in [2.05, 4.69) is 22.3 Å². The minimum absolute atomic E-state index is 0.0663. The number of nitrogen functional groups attached to an aromatic ring is 1. The van der Waals surface area contributed by atoms with Gasteiger partial charge in [-0.25, -0.2) is 9.67 Å². The topological polar surface area (TPSA) is 85.8 Å². The average molecular weight is 197 g/mol. The van der Waals surface area contributed by atoms with E-state index in [1.54, 1.807) is 0 Å². The fourth-order valence-corrected chi connectivity index (χ4v) is 0.993. The van der Waals surface area contributed by atoms with Gasteiger partial charge >= 0.3 is 0 Å². The van der Waals surface area contributed by atoms with Crippen molar-refractivity contribution in [1.82, 2.24) is 20.1 Å². The highest BCUT2D eigenvalue weighted by atomic mass is 16.2. The molecule has 1 amide bonds. The standard InChI is InChI=1S/C8H15N5O/c1-2-3-4-10-7(14)5-13-6-11-8(9)12-13/h6H,2-5H2,1H3,(H2,9,12)(H,10,14). The van der Waals surface area contributed by atoms with Gasteiger partial charge in [0.2, 0.25) is 11.9 Å². The molecule has 1 aromatic heterocycles.